The van der Waals surface area contributed by atoms with Crippen LogP contribution in [-0.2, 0) is 0 Å². The highest BCUT2D eigenvalue weighted by Crippen LogP contribution is 2.24. The van der Waals surface area contributed by atoms with E-state index in [0.29, 0.717) is 12.2 Å². The number of carbonyl (C=O) groups is 1. The van der Waals surface area contributed by atoms with Gasteiger partial charge in [0.15, 0.2) is 5.69 Å². The Morgan fingerprint density at radius 1 is 1.13 bits per heavy atom. The van der Waals surface area contributed by atoms with Crippen LogP contribution >= 0.6 is 0 Å². The van der Waals surface area contributed by atoms with Crippen molar-refractivity contribution in [2.24, 2.45) is 5.73 Å². The largest absolute Gasteiger partial charge is 0.349 e. The molecule has 0 bridgehead atoms. The molecule has 5 heteroatoms. The molecule has 1 aliphatic rings. The summed E-state index contributed by atoms with van der Waals surface area (Å²) in [5.74, 6) is -0.159. The summed E-state index contributed by atoms with van der Waals surface area (Å²) in [5.41, 5.74) is 7.53. The lowest BCUT2D eigenvalue weighted by Crippen LogP contribution is -2.49. The Hall–Kier alpha value is -2.14. The Kier molecular flexibility index (Phi) is 4.76. The number of amides is 1. The number of hydrogen-bond donors (Lipinski definition) is 2. The first kappa shape index (κ1) is 15.7. The SMILES string of the molecule is NC1(CNC(=O)c2ccn(-c3ccccc3)n2)CCCCCC1. The minimum absolute atomic E-state index is 0.159. The van der Waals surface area contributed by atoms with Crippen molar-refractivity contribution in [1.29, 1.82) is 0 Å². The number of nitrogens with one attached hydrogen (secondary N) is 1. The Morgan fingerprint density at radius 2 is 1.83 bits per heavy atom. The van der Waals surface area contributed by atoms with Crippen LogP contribution in [0.25, 0.3) is 5.69 Å². The molecule has 0 saturated heterocycles. The zero-order chi connectivity index (χ0) is 16.1. The van der Waals surface area contributed by atoms with Gasteiger partial charge >= 0.3 is 0 Å². The van der Waals surface area contributed by atoms with Crippen molar-refractivity contribution >= 4 is 5.91 Å². The average molecular weight is 312 g/mol. The molecular weight excluding hydrogens is 288 g/mol. The fraction of sp³-hybridized carbons (Fsp3) is 0.444. The van der Waals surface area contributed by atoms with Crippen LogP contribution < -0.4 is 11.1 Å². The highest BCUT2D eigenvalue weighted by molar-refractivity contribution is 5.92. The molecule has 0 aliphatic heterocycles. The first-order chi connectivity index (χ1) is 11.2. The molecule has 122 valence electrons. The maximum absolute atomic E-state index is 12.3. The van der Waals surface area contributed by atoms with Gasteiger partial charge in [0.05, 0.1) is 5.69 Å². The van der Waals surface area contributed by atoms with Crippen LogP contribution in [0.3, 0.4) is 0 Å². The molecule has 1 amide bonds. The van der Waals surface area contributed by atoms with Gasteiger partial charge < -0.3 is 11.1 Å². The fourth-order valence-corrected chi connectivity index (χ4v) is 3.13. The van der Waals surface area contributed by atoms with E-state index < -0.39 is 0 Å². The van der Waals surface area contributed by atoms with E-state index in [4.69, 9.17) is 5.73 Å². The van der Waals surface area contributed by atoms with Gasteiger partial charge in [-0.3, -0.25) is 4.79 Å². The molecule has 1 saturated carbocycles. The maximum atomic E-state index is 12.3. The van der Waals surface area contributed by atoms with Crippen molar-refractivity contribution in [1.82, 2.24) is 15.1 Å². The van der Waals surface area contributed by atoms with Gasteiger partial charge in [0, 0.05) is 18.3 Å². The van der Waals surface area contributed by atoms with E-state index >= 15 is 0 Å². The second kappa shape index (κ2) is 6.96. The monoisotopic (exact) mass is 312 g/mol. The molecule has 3 rings (SSSR count). The van der Waals surface area contributed by atoms with Gasteiger partial charge in [-0.2, -0.15) is 5.10 Å². The molecule has 1 fully saturated rings. The fourth-order valence-electron chi connectivity index (χ4n) is 3.13. The minimum Gasteiger partial charge on any atom is -0.349 e. The highest BCUT2D eigenvalue weighted by Gasteiger charge is 2.27. The molecule has 1 aromatic heterocycles. The van der Waals surface area contributed by atoms with Crippen molar-refractivity contribution in [2.75, 3.05) is 6.54 Å². The van der Waals surface area contributed by atoms with Crippen LogP contribution in [0.4, 0.5) is 0 Å². The lowest BCUT2D eigenvalue weighted by molar-refractivity contribution is 0.0935. The Balaban J connectivity index is 1.61. The van der Waals surface area contributed by atoms with Crippen molar-refractivity contribution in [3.05, 3.63) is 48.3 Å². The third kappa shape index (κ3) is 3.99. The molecule has 0 atom stereocenters. The van der Waals surface area contributed by atoms with Crippen molar-refractivity contribution in [3.8, 4) is 5.69 Å². The van der Waals surface area contributed by atoms with Crippen LogP contribution in [0.5, 0.6) is 0 Å². The molecule has 1 aliphatic carbocycles. The second-order valence-corrected chi connectivity index (χ2v) is 6.44. The third-order valence-corrected chi connectivity index (χ3v) is 4.54. The number of nitrogens with two attached hydrogens (primary N) is 1. The number of hydrogen-bond acceptors (Lipinski definition) is 3. The minimum atomic E-state index is -0.270. The molecule has 2 aromatic rings. The predicted octanol–water partition coefficient (Wildman–Crippen LogP) is 2.65. The normalized spacial score (nSPS) is 17.4. The predicted molar refractivity (Wildman–Crippen MR) is 90.5 cm³/mol. The number of para-hydroxylation sites is 1. The number of nitrogens with zero attached hydrogens (tertiary/aromatic N) is 2. The van der Waals surface area contributed by atoms with Gasteiger partial charge in [0.1, 0.15) is 0 Å². The lowest BCUT2D eigenvalue weighted by atomic mass is 9.91. The van der Waals surface area contributed by atoms with E-state index in [2.05, 4.69) is 10.4 Å². The van der Waals surface area contributed by atoms with Crippen molar-refractivity contribution < 1.29 is 4.79 Å². The second-order valence-electron chi connectivity index (χ2n) is 6.44. The number of benzene rings is 1. The summed E-state index contributed by atoms with van der Waals surface area (Å²) in [7, 11) is 0. The Bertz CT molecular complexity index is 642. The van der Waals surface area contributed by atoms with Crippen LogP contribution in [0.1, 0.15) is 49.0 Å². The van der Waals surface area contributed by atoms with E-state index in [1.54, 1.807) is 16.9 Å². The van der Waals surface area contributed by atoms with Gasteiger partial charge in [-0.1, -0.05) is 43.9 Å². The zero-order valence-corrected chi connectivity index (χ0v) is 13.4. The van der Waals surface area contributed by atoms with Crippen LogP contribution in [-0.4, -0.2) is 27.8 Å². The van der Waals surface area contributed by atoms with Crippen molar-refractivity contribution in [3.63, 3.8) is 0 Å². The van der Waals surface area contributed by atoms with E-state index in [1.807, 2.05) is 30.3 Å². The molecule has 1 heterocycles. The molecule has 0 radical (unpaired) electrons. The Morgan fingerprint density at radius 3 is 2.52 bits per heavy atom. The molecule has 1 aromatic carbocycles. The molecule has 3 N–H and O–H groups in total. The molecule has 23 heavy (non-hydrogen) atoms. The summed E-state index contributed by atoms with van der Waals surface area (Å²) in [4.78, 5) is 12.3. The van der Waals surface area contributed by atoms with Crippen LogP contribution in [0.15, 0.2) is 42.6 Å². The van der Waals surface area contributed by atoms with Crippen molar-refractivity contribution in [2.45, 2.75) is 44.1 Å². The first-order valence-electron chi connectivity index (χ1n) is 8.35. The van der Waals surface area contributed by atoms with E-state index in [0.717, 1.165) is 31.4 Å². The zero-order valence-electron chi connectivity index (χ0n) is 13.4. The van der Waals surface area contributed by atoms with Gasteiger partial charge in [-0.25, -0.2) is 4.68 Å². The molecule has 0 spiro atoms. The summed E-state index contributed by atoms with van der Waals surface area (Å²) in [6, 6.07) is 11.5. The van der Waals surface area contributed by atoms with Gasteiger partial charge in [-0.15, -0.1) is 0 Å². The Labute approximate surface area is 136 Å². The van der Waals surface area contributed by atoms with E-state index in [1.165, 1.54) is 12.8 Å². The lowest BCUT2D eigenvalue weighted by Gasteiger charge is -2.28. The number of carbonyl (C=O) groups excluding carboxylic acids is 1. The smallest absolute Gasteiger partial charge is 0.271 e. The molecular formula is C18H24N4O. The van der Waals surface area contributed by atoms with Gasteiger partial charge in [-0.05, 0) is 31.0 Å². The highest BCUT2D eigenvalue weighted by atomic mass is 16.1. The van der Waals surface area contributed by atoms with Gasteiger partial charge in [0.2, 0.25) is 0 Å². The average Bonchev–Trinajstić information content (AvgIpc) is 2.97. The summed E-state index contributed by atoms with van der Waals surface area (Å²) >= 11 is 0. The quantitative estimate of drug-likeness (QED) is 0.852. The topological polar surface area (TPSA) is 72.9 Å². The third-order valence-electron chi connectivity index (χ3n) is 4.54. The van der Waals surface area contributed by atoms with Crippen LogP contribution in [0, 0.1) is 0 Å². The summed E-state index contributed by atoms with van der Waals surface area (Å²) in [6.45, 7) is 0.518. The van der Waals surface area contributed by atoms with E-state index in [9.17, 15) is 4.79 Å². The maximum Gasteiger partial charge on any atom is 0.271 e. The van der Waals surface area contributed by atoms with E-state index in [-0.39, 0.29) is 11.4 Å². The van der Waals surface area contributed by atoms with Crippen LogP contribution in [0.2, 0.25) is 0 Å². The molecule has 0 unspecified atom stereocenters. The summed E-state index contributed by atoms with van der Waals surface area (Å²) < 4.78 is 1.71. The number of rotatable bonds is 4. The summed E-state index contributed by atoms with van der Waals surface area (Å²) in [5, 5.41) is 7.31. The van der Waals surface area contributed by atoms with Gasteiger partial charge in [0.25, 0.3) is 5.91 Å². The number of aromatic nitrogens is 2. The first-order valence-corrected chi connectivity index (χ1v) is 8.35. The standard InChI is InChI=1S/C18H24N4O/c19-18(11-6-1-2-7-12-18)14-20-17(23)16-10-13-22(21-16)15-8-4-3-5-9-15/h3-5,8-10,13H,1-2,6-7,11-12,14,19H2,(H,20,23). The molecule has 5 nitrogen and oxygen atoms in total. The summed E-state index contributed by atoms with van der Waals surface area (Å²) in [6.07, 6.45) is 8.54.